The summed E-state index contributed by atoms with van der Waals surface area (Å²) in [5, 5.41) is 6.06. The Balaban J connectivity index is 1.84. The third kappa shape index (κ3) is 7.22. The van der Waals surface area contributed by atoms with E-state index in [1.165, 1.54) is 16.4 Å². The summed E-state index contributed by atoms with van der Waals surface area (Å²) in [7, 11) is -3.82. The standard InChI is InChI=1S/C28H35N3O5S/c1-19(2)17-24(30-27(33)36-28(4,5)6)26(32)29-16-15-21-18-31(25-10-8-7-9-23(21)25)37(34,35)22-13-11-20(3)12-14-22/h7-16,18-19,24H,17H2,1-6H3,(H,29,32)(H,30,33)/b16-15-/t24-/m0/s1. The van der Waals surface area contributed by atoms with E-state index < -0.39 is 33.7 Å². The van der Waals surface area contributed by atoms with Gasteiger partial charge in [-0.2, -0.15) is 0 Å². The van der Waals surface area contributed by atoms with E-state index in [4.69, 9.17) is 4.74 Å². The fourth-order valence-electron chi connectivity index (χ4n) is 3.80. The number of rotatable bonds is 8. The number of ether oxygens (including phenoxy) is 1. The van der Waals surface area contributed by atoms with Crippen molar-refractivity contribution in [2.75, 3.05) is 0 Å². The highest BCUT2D eigenvalue weighted by molar-refractivity contribution is 7.90. The van der Waals surface area contributed by atoms with Crippen molar-refractivity contribution in [2.24, 2.45) is 5.92 Å². The second-order valence-electron chi connectivity index (χ2n) is 10.4. The summed E-state index contributed by atoms with van der Waals surface area (Å²) < 4.78 is 33.3. The van der Waals surface area contributed by atoms with Crippen molar-refractivity contribution >= 4 is 39.0 Å². The fraction of sp³-hybridized carbons (Fsp3) is 0.357. The van der Waals surface area contributed by atoms with Crippen LogP contribution in [0, 0.1) is 12.8 Å². The summed E-state index contributed by atoms with van der Waals surface area (Å²) in [6, 6.07) is 13.1. The van der Waals surface area contributed by atoms with Gasteiger partial charge in [0, 0.05) is 23.3 Å². The van der Waals surface area contributed by atoms with Crippen LogP contribution in [0.2, 0.25) is 0 Å². The maximum atomic E-state index is 13.4. The number of alkyl carbamates (subject to hydrolysis) is 1. The number of hydrogen-bond acceptors (Lipinski definition) is 5. The monoisotopic (exact) mass is 525 g/mol. The van der Waals surface area contributed by atoms with Gasteiger partial charge in [0.25, 0.3) is 10.0 Å². The Morgan fingerprint density at radius 3 is 2.32 bits per heavy atom. The van der Waals surface area contributed by atoms with Gasteiger partial charge < -0.3 is 15.4 Å². The van der Waals surface area contributed by atoms with Crippen molar-refractivity contribution < 1.29 is 22.7 Å². The van der Waals surface area contributed by atoms with E-state index in [1.807, 2.05) is 32.9 Å². The summed E-state index contributed by atoms with van der Waals surface area (Å²) in [5.41, 5.74) is 1.42. The number of aryl methyl sites for hydroxylation is 1. The van der Waals surface area contributed by atoms with Crippen LogP contribution in [0.15, 0.2) is 65.8 Å². The lowest BCUT2D eigenvalue weighted by Gasteiger charge is -2.23. The molecule has 0 spiro atoms. The Labute approximate surface area is 218 Å². The number of benzene rings is 2. The third-order valence-electron chi connectivity index (χ3n) is 5.49. The Kier molecular flexibility index (Phi) is 8.48. The predicted octanol–water partition coefficient (Wildman–Crippen LogP) is 5.21. The minimum absolute atomic E-state index is 0.152. The molecule has 8 nitrogen and oxygen atoms in total. The van der Waals surface area contributed by atoms with Crippen molar-refractivity contribution in [3.63, 3.8) is 0 Å². The predicted molar refractivity (Wildman–Crippen MR) is 145 cm³/mol. The van der Waals surface area contributed by atoms with Gasteiger partial charge in [-0.05, 0) is 64.3 Å². The van der Waals surface area contributed by atoms with Crippen LogP contribution in [0.25, 0.3) is 17.0 Å². The molecule has 0 unspecified atom stereocenters. The molecule has 198 valence electrons. The number of carbonyl (C=O) groups excluding carboxylic acids is 2. The van der Waals surface area contributed by atoms with Crippen LogP contribution < -0.4 is 10.6 Å². The zero-order valence-corrected chi connectivity index (χ0v) is 22.9. The molecule has 0 saturated carbocycles. The molecule has 2 N–H and O–H groups in total. The molecule has 1 atom stereocenters. The van der Waals surface area contributed by atoms with E-state index in [-0.39, 0.29) is 10.8 Å². The number of carbonyl (C=O) groups is 2. The molecule has 2 aromatic carbocycles. The largest absolute Gasteiger partial charge is 0.444 e. The smallest absolute Gasteiger partial charge is 0.408 e. The van der Waals surface area contributed by atoms with Crippen LogP contribution in [0.4, 0.5) is 4.79 Å². The van der Waals surface area contributed by atoms with Crippen molar-refractivity contribution in [3.8, 4) is 0 Å². The lowest BCUT2D eigenvalue weighted by Crippen LogP contribution is -2.47. The van der Waals surface area contributed by atoms with Gasteiger partial charge in [0.1, 0.15) is 11.6 Å². The van der Waals surface area contributed by atoms with E-state index in [0.29, 0.717) is 22.9 Å². The summed E-state index contributed by atoms with van der Waals surface area (Å²) in [5.74, 6) is -0.244. The van der Waals surface area contributed by atoms with Gasteiger partial charge >= 0.3 is 6.09 Å². The highest BCUT2D eigenvalue weighted by atomic mass is 32.2. The number of aromatic nitrogens is 1. The molecule has 0 aliphatic heterocycles. The van der Waals surface area contributed by atoms with Gasteiger partial charge in [0.05, 0.1) is 10.4 Å². The molecular weight excluding hydrogens is 490 g/mol. The lowest BCUT2D eigenvalue weighted by molar-refractivity contribution is -0.122. The molecule has 0 aliphatic carbocycles. The normalized spacial score (nSPS) is 13.2. The van der Waals surface area contributed by atoms with Crippen LogP contribution in [0.5, 0.6) is 0 Å². The van der Waals surface area contributed by atoms with Gasteiger partial charge in [-0.1, -0.05) is 49.7 Å². The fourth-order valence-corrected chi connectivity index (χ4v) is 5.18. The number of nitrogens with zero attached hydrogens (tertiary/aromatic N) is 1. The second-order valence-corrected chi connectivity index (χ2v) is 12.2. The quantitative estimate of drug-likeness (QED) is 0.420. The Hall–Kier alpha value is -3.59. The highest BCUT2D eigenvalue weighted by Crippen LogP contribution is 2.27. The van der Waals surface area contributed by atoms with Gasteiger partial charge in [0.2, 0.25) is 5.91 Å². The average molecular weight is 526 g/mol. The minimum atomic E-state index is -3.82. The molecule has 0 radical (unpaired) electrons. The first-order valence-corrected chi connectivity index (χ1v) is 13.6. The molecule has 1 heterocycles. The maximum absolute atomic E-state index is 13.4. The van der Waals surface area contributed by atoms with Gasteiger partial charge in [-0.3, -0.25) is 4.79 Å². The van der Waals surface area contributed by atoms with Gasteiger partial charge in [-0.15, -0.1) is 0 Å². The van der Waals surface area contributed by atoms with Crippen molar-refractivity contribution in [3.05, 3.63) is 72.1 Å². The zero-order chi connectivity index (χ0) is 27.4. The van der Waals surface area contributed by atoms with Crippen molar-refractivity contribution in [2.45, 2.75) is 64.5 Å². The maximum Gasteiger partial charge on any atom is 0.408 e. The average Bonchev–Trinajstić information content (AvgIpc) is 3.17. The van der Waals surface area contributed by atoms with Crippen molar-refractivity contribution in [1.29, 1.82) is 0 Å². The molecule has 3 rings (SSSR count). The first-order valence-electron chi connectivity index (χ1n) is 12.2. The summed E-state index contributed by atoms with van der Waals surface area (Å²) in [4.78, 5) is 25.3. The number of nitrogens with one attached hydrogen (secondary N) is 2. The van der Waals surface area contributed by atoms with E-state index in [0.717, 1.165) is 5.56 Å². The topological polar surface area (TPSA) is 107 Å². The van der Waals surface area contributed by atoms with E-state index in [2.05, 4.69) is 10.6 Å². The van der Waals surface area contributed by atoms with Crippen molar-refractivity contribution in [1.82, 2.24) is 14.6 Å². The zero-order valence-electron chi connectivity index (χ0n) is 22.1. The Bertz CT molecular complexity index is 1400. The first-order chi connectivity index (χ1) is 17.3. The summed E-state index contributed by atoms with van der Waals surface area (Å²) in [6.07, 6.45) is 4.39. The summed E-state index contributed by atoms with van der Waals surface area (Å²) >= 11 is 0. The SMILES string of the molecule is Cc1ccc(S(=O)(=O)n2cc(/C=C\NC(=O)[C@H](CC(C)C)NC(=O)OC(C)(C)C)c3ccccc32)cc1. The molecular formula is C28H35N3O5S. The molecule has 2 amide bonds. The lowest BCUT2D eigenvalue weighted by atomic mass is 10.0. The van der Waals surface area contributed by atoms with Crippen LogP contribution in [-0.2, 0) is 19.6 Å². The number of amides is 2. The van der Waals surface area contributed by atoms with Crippen LogP contribution in [-0.4, -0.2) is 36.0 Å². The molecule has 0 bridgehead atoms. The van der Waals surface area contributed by atoms with E-state index in [9.17, 15) is 18.0 Å². The Morgan fingerprint density at radius 2 is 1.70 bits per heavy atom. The molecule has 0 fully saturated rings. The van der Waals surface area contributed by atoms with Gasteiger partial charge in [-0.25, -0.2) is 17.2 Å². The Morgan fingerprint density at radius 1 is 1.05 bits per heavy atom. The number of hydrogen-bond donors (Lipinski definition) is 2. The minimum Gasteiger partial charge on any atom is -0.444 e. The van der Waals surface area contributed by atoms with Crippen LogP contribution in [0.1, 0.15) is 52.2 Å². The number of para-hydroxylation sites is 1. The van der Waals surface area contributed by atoms with E-state index in [1.54, 1.807) is 63.2 Å². The van der Waals surface area contributed by atoms with Crippen LogP contribution in [0.3, 0.4) is 0 Å². The van der Waals surface area contributed by atoms with Gasteiger partial charge in [0.15, 0.2) is 0 Å². The summed E-state index contributed by atoms with van der Waals surface area (Å²) in [6.45, 7) is 11.1. The molecule has 1 aromatic heterocycles. The highest BCUT2D eigenvalue weighted by Gasteiger charge is 2.25. The van der Waals surface area contributed by atoms with Crippen LogP contribution >= 0.6 is 0 Å². The molecule has 37 heavy (non-hydrogen) atoms. The number of fused-ring (bicyclic) bond motifs is 1. The molecule has 0 saturated heterocycles. The molecule has 0 aliphatic rings. The first kappa shape index (κ1) is 28.0. The second kappa shape index (κ2) is 11.2. The van der Waals surface area contributed by atoms with E-state index >= 15 is 0 Å². The molecule has 9 heteroatoms. The third-order valence-corrected chi connectivity index (χ3v) is 7.18. The molecule has 3 aromatic rings.